The molecular formula is C30H30F2N2O3. The van der Waals surface area contributed by atoms with E-state index >= 15 is 0 Å². The Kier molecular flexibility index (Phi) is 6.82. The van der Waals surface area contributed by atoms with E-state index in [0.29, 0.717) is 12.0 Å². The summed E-state index contributed by atoms with van der Waals surface area (Å²) < 4.78 is 28.0. The van der Waals surface area contributed by atoms with Gasteiger partial charge in [-0.05, 0) is 65.4 Å². The van der Waals surface area contributed by atoms with Gasteiger partial charge in [0.15, 0.2) is 0 Å². The predicted octanol–water partition coefficient (Wildman–Crippen LogP) is 6.36. The number of likely N-dealkylation sites (tertiary alicyclic amines) is 1. The lowest BCUT2D eigenvalue weighted by Crippen LogP contribution is -2.44. The van der Waals surface area contributed by atoms with Crippen molar-refractivity contribution in [3.8, 4) is 11.1 Å². The number of aryl methyl sites for hydroxylation is 2. The molecule has 2 aliphatic heterocycles. The molecule has 0 atom stereocenters. The van der Waals surface area contributed by atoms with Crippen molar-refractivity contribution < 1.29 is 23.5 Å². The first kappa shape index (κ1) is 25.1. The maximum atomic E-state index is 14.5. The molecule has 1 fully saturated rings. The number of hydrogen-bond donors (Lipinski definition) is 1. The van der Waals surface area contributed by atoms with Crippen LogP contribution in [0.25, 0.3) is 11.1 Å². The van der Waals surface area contributed by atoms with Crippen molar-refractivity contribution in [3.63, 3.8) is 0 Å². The highest BCUT2D eigenvalue weighted by molar-refractivity contribution is 6.02. The summed E-state index contributed by atoms with van der Waals surface area (Å²) >= 11 is 0. The number of benzene rings is 3. The molecule has 0 amide bonds. The SMILES string of the molecule is CCc1cc(CN2CCC3(CC2)CC(c2ccc(C(=O)O)cc2)=NO3)cc(C)c1-c1ccc(F)cc1F. The number of halogens is 2. The summed E-state index contributed by atoms with van der Waals surface area (Å²) in [4.78, 5) is 19.5. The van der Waals surface area contributed by atoms with Gasteiger partial charge >= 0.3 is 5.97 Å². The van der Waals surface area contributed by atoms with Gasteiger partial charge in [-0.1, -0.05) is 36.3 Å². The van der Waals surface area contributed by atoms with Crippen molar-refractivity contribution in [3.05, 3.63) is 94.0 Å². The Hall–Kier alpha value is -3.58. The molecular weight excluding hydrogens is 474 g/mol. The first-order valence-electron chi connectivity index (χ1n) is 12.7. The molecule has 7 heteroatoms. The number of oxime groups is 1. The highest BCUT2D eigenvalue weighted by Crippen LogP contribution is 2.37. The summed E-state index contributed by atoms with van der Waals surface area (Å²) in [6.45, 7) is 6.57. The number of nitrogens with zero attached hydrogens (tertiary/aromatic N) is 2. The van der Waals surface area contributed by atoms with Crippen LogP contribution in [-0.4, -0.2) is 40.4 Å². The van der Waals surface area contributed by atoms with Crippen molar-refractivity contribution in [2.75, 3.05) is 13.1 Å². The van der Waals surface area contributed by atoms with E-state index in [0.717, 1.165) is 72.9 Å². The predicted molar refractivity (Wildman–Crippen MR) is 139 cm³/mol. The van der Waals surface area contributed by atoms with E-state index in [2.05, 4.69) is 29.1 Å². The Morgan fingerprint density at radius 1 is 1.08 bits per heavy atom. The van der Waals surface area contributed by atoms with Gasteiger partial charge in [-0.15, -0.1) is 0 Å². The molecule has 3 aromatic carbocycles. The monoisotopic (exact) mass is 504 g/mol. The molecule has 37 heavy (non-hydrogen) atoms. The second-order valence-electron chi connectivity index (χ2n) is 10.1. The average molecular weight is 505 g/mol. The molecule has 0 bridgehead atoms. The summed E-state index contributed by atoms with van der Waals surface area (Å²) in [5.74, 6) is -2.06. The minimum atomic E-state index is -0.946. The molecule has 1 N–H and O–H groups in total. The van der Waals surface area contributed by atoms with E-state index in [-0.39, 0.29) is 11.2 Å². The van der Waals surface area contributed by atoms with Crippen LogP contribution in [0.5, 0.6) is 0 Å². The molecule has 2 aliphatic rings. The van der Waals surface area contributed by atoms with Crippen LogP contribution in [0.1, 0.15) is 58.8 Å². The topological polar surface area (TPSA) is 62.1 Å². The lowest BCUT2D eigenvalue weighted by atomic mass is 9.85. The van der Waals surface area contributed by atoms with Crippen molar-refractivity contribution in [1.82, 2.24) is 4.90 Å². The van der Waals surface area contributed by atoms with E-state index < -0.39 is 17.6 Å². The number of carboxylic acids is 1. The molecule has 1 spiro atoms. The third kappa shape index (κ3) is 5.14. The normalized spacial score (nSPS) is 17.0. The number of piperidine rings is 1. The summed E-state index contributed by atoms with van der Waals surface area (Å²) in [5, 5.41) is 13.5. The quantitative estimate of drug-likeness (QED) is 0.424. The van der Waals surface area contributed by atoms with Crippen molar-refractivity contribution in [2.45, 2.75) is 51.7 Å². The number of hydrogen-bond acceptors (Lipinski definition) is 4. The van der Waals surface area contributed by atoms with Crippen molar-refractivity contribution in [1.29, 1.82) is 0 Å². The molecule has 2 heterocycles. The Labute approximate surface area is 215 Å². The van der Waals surface area contributed by atoms with E-state index in [1.165, 1.54) is 17.7 Å². The fourth-order valence-electron chi connectivity index (χ4n) is 5.52. The number of carbonyl (C=O) groups is 1. The van der Waals surface area contributed by atoms with Crippen LogP contribution in [-0.2, 0) is 17.8 Å². The zero-order valence-electron chi connectivity index (χ0n) is 21.1. The summed E-state index contributed by atoms with van der Waals surface area (Å²) in [7, 11) is 0. The maximum absolute atomic E-state index is 14.5. The van der Waals surface area contributed by atoms with Crippen LogP contribution in [0.15, 0.2) is 59.8 Å². The molecule has 192 valence electrons. The molecule has 0 saturated carbocycles. The smallest absolute Gasteiger partial charge is 0.335 e. The van der Waals surface area contributed by atoms with Crippen molar-refractivity contribution >= 4 is 11.7 Å². The van der Waals surface area contributed by atoms with Gasteiger partial charge in [-0.25, -0.2) is 13.6 Å². The molecule has 0 unspecified atom stereocenters. The van der Waals surface area contributed by atoms with Crippen LogP contribution >= 0.6 is 0 Å². The van der Waals surface area contributed by atoms with Crippen LogP contribution in [0.2, 0.25) is 0 Å². The fraction of sp³-hybridized carbons (Fsp3) is 0.333. The van der Waals surface area contributed by atoms with E-state index in [1.807, 2.05) is 6.92 Å². The largest absolute Gasteiger partial charge is 0.478 e. The summed E-state index contributed by atoms with van der Waals surface area (Å²) in [6, 6.07) is 14.8. The van der Waals surface area contributed by atoms with Gasteiger partial charge in [0.05, 0.1) is 11.3 Å². The van der Waals surface area contributed by atoms with E-state index in [4.69, 9.17) is 9.94 Å². The summed E-state index contributed by atoms with van der Waals surface area (Å²) in [5.41, 5.74) is 6.20. The Morgan fingerprint density at radius 3 is 2.46 bits per heavy atom. The average Bonchev–Trinajstić information content (AvgIpc) is 3.29. The zero-order valence-corrected chi connectivity index (χ0v) is 21.1. The van der Waals surface area contributed by atoms with Crippen molar-refractivity contribution in [2.24, 2.45) is 5.16 Å². The fourth-order valence-corrected chi connectivity index (χ4v) is 5.52. The number of carboxylic acid groups (broad SMARTS) is 1. The van der Waals surface area contributed by atoms with Crippen LogP contribution in [0, 0.1) is 18.6 Å². The maximum Gasteiger partial charge on any atom is 0.335 e. The van der Waals surface area contributed by atoms with Gasteiger partial charge < -0.3 is 9.94 Å². The van der Waals surface area contributed by atoms with Gasteiger partial charge in [0.1, 0.15) is 17.2 Å². The lowest BCUT2D eigenvalue weighted by molar-refractivity contribution is -0.0627. The molecule has 1 saturated heterocycles. The van der Waals surface area contributed by atoms with E-state index in [9.17, 15) is 13.6 Å². The third-order valence-corrected chi connectivity index (χ3v) is 7.54. The molecule has 5 nitrogen and oxygen atoms in total. The second kappa shape index (κ2) is 10.1. The Bertz CT molecular complexity index is 1360. The molecule has 3 aromatic rings. The van der Waals surface area contributed by atoms with E-state index in [1.54, 1.807) is 24.3 Å². The Morgan fingerprint density at radius 2 is 1.81 bits per heavy atom. The molecule has 0 radical (unpaired) electrons. The molecule has 5 rings (SSSR count). The zero-order chi connectivity index (χ0) is 26.2. The molecule has 0 aromatic heterocycles. The third-order valence-electron chi connectivity index (χ3n) is 7.54. The Balaban J connectivity index is 1.24. The van der Waals surface area contributed by atoms with Crippen LogP contribution < -0.4 is 0 Å². The van der Waals surface area contributed by atoms with Crippen LogP contribution in [0.3, 0.4) is 0 Å². The second-order valence-corrected chi connectivity index (χ2v) is 10.1. The standard InChI is InChI=1S/C30H30F2N2O3/c1-3-21-15-20(14-19(2)28(21)25-9-8-24(31)16-26(25)32)18-34-12-10-30(11-13-34)17-27(33-37-30)22-4-6-23(7-5-22)29(35)36/h4-9,14-16H,3,10-13,17-18H2,1-2H3,(H,35,36). The minimum absolute atomic E-state index is 0.253. The highest BCUT2D eigenvalue weighted by atomic mass is 19.1. The minimum Gasteiger partial charge on any atom is -0.478 e. The van der Waals surface area contributed by atoms with Crippen LogP contribution in [0.4, 0.5) is 8.78 Å². The highest BCUT2D eigenvalue weighted by Gasteiger charge is 2.42. The first-order valence-corrected chi connectivity index (χ1v) is 12.7. The van der Waals surface area contributed by atoms with Gasteiger partial charge in [0.25, 0.3) is 0 Å². The molecule has 0 aliphatic carbocycles. The van der Waals surface area contributed by atoms with Gasteiger partial charge in [0.2, 0.25) is 0 Å². The number of rotatable bonds is 6. The lowest BCUT2D eigenvalue weighted by Gasteiger charge is -2.37. The van der Waals surface area contributed by atoms with Gasteiger partial charge in [-0.2, -0.15) is 0 Å². The summed E-state index contributed by atoms with van der Waals surface area (Å²) in [6.07, 6.45) is 3.17. The first-order chi connectivity index (χ1) is 17.8. The number of aromatic carboxylic acids is 1. The van der Waals surface area contributed by atoms with Gasteiger partial charge in [-0.3, -0.25) is 4.90 Å². The van der Waals surface area contributed by atoms with Gasteiger partial charge in [0, 0.05) is 50.5 Å².